The fourth-order valence-corrected chi connectivity index (χ4v) is 10.3. The van der Waals surface area contributed by atoms with Gasteiger partial charge in [-0.2, -0.15) is 0 Å². The molecule has 71 heavy (non-hydrogen) atoms. The molecule has 2 aromatic heterocycles. The minimum atomic E-state index is -0.335. The molecule has 0 aliphatic carbocycles. The van der Waals surface area contributed by atoms with Crippen LogP contribution in [0.15, 0.2) is 176 Å². The summed E-state index contributed by atoms with van der Waals surface area (Å²) in [6, 6.07) is 62.5. The molecule has 1 aliphatic heterocycles. The Bertz CT molecular complexity index is 3430. The summed E-state index contributed by atoms with van der Waals surface area (Å²) in [5.74, 6) is 2.44. The number of fused-ring (bicyclic) bond motifs is 4. The van der Waals surface area contributed by atoms with E-state index in [0.29, 0.717) is 6.67 Å². The molecule has 0 saturated heterocycles. The first kappa shape index (κ1) is 47.6. The summed E-state index contributed by atoms with van der Waals surface area (Å²) in [5, 5.41) is 2.37. The first-order valence-corrected chi connectivity index (χ1v) is 25.4. The highest BCUT2D eigenvalue weighted by Crippen LogP contribution is 2.49. The van der Waals surface area contributed by atoms with E-state index in [1.807, 2.05) is 6.20 Å². The summed E-state index contributed by atoms with van der Waals surface area (Å²) in [6.45, 7) is 30.5. The Kier molecular flexibility index (Phi) is 11.6. The molecule has 0 radical (unpaired) electrons. The summed E-state index contributed by atoms with van der Waals surface area (Å²) in [4.78, 5) is 9.96. The van der Waals surface area contributed by atoms with Gasteiger partial charge in [-0.05, 0) is 128 Å². The molecule has 0 saturated carbocycles. The number of benzene rings is 7. The van der Waals surface area contributed by atoms with Gasteiger partial charge in [0, 0.05) is 51.3 Å². The van der Waals surface area contributed by atoms with Crippen molar-refractivity contribution >= 4 is 44.6 Å². The molecule has 0 atom stereocenters. The third kappa shape index (κ3) is 8.90. The van der Waals surface area contributed by atoms with Crippen LogP contribution in [-0.2, 0) is 27.1 Å². The molecule has 3 heterocycles. The van der Waals surface area contributed by atoms with Crippen LogP contribution in [0, 0.1) is 0 Å². The predicted molar refractivity (Wildman–Crippen MR) is 300 cm³/mol. The van der Waals surface area contributed by atoms with Crippen molar-refractivity contribution < 1.29 is 4.74 Å². The van der Waals surface area contributed by atoms with Crippen LogP contribution in [0.1, 0.15) is 129 Å². The Balaban J connectivity index is 1.11. The number of pyridine rings is 1. The highest BCUT2D eigenvalue weighted by atomic mass is 16.5. The summed E-state index contributed by atoms with van der Waals surface area (Å²) in [5.41, 5.74) is 15.0. The average Bonchev–Trinajstić information content (AvgIpc) is 3.89. The Hall–Kier alpha value is -7.11. The summed E-state index contributed by atoms with van der Waals surface area (Å²) in [7, 11) is 0. The topological polar surface area (TPSA) is 33.5 Å². The van der Waals surface area contributed by atoms with E-state index < -0.39 is 0 Å². The van der Waals surface area contributed by atoms with Gasteiger partial charge in [0.05, 0.1) is 22.4 Å². The first-order chi connectivity index (χ1) is 33.6. The van der Waals surface area contributed by atoms with Gasteiger partial charge in [0.25, 0.3) is 0 Å². The molecule has 9 aromatic rings. The van der Waals surface area contributed by atoms with Gasteiger partial charge in [-0.1, -0.05) is 175 Å². The molecule has 5 nitrogen and oxygen atoms in total. The van der Waals surface area contributed by atoms with E-state index in [9.17, 15) is 0 Å². The van der Waals surface area contributed by atoms with E-state index in [4.69, 9.17) is 9.72 Å². The number of rotatable bonds is 9. The number of anilines is 4. The number of hydrogen-bond donors (Lipinski definition) is 0. The van der Waals surface area contributed by atoms with Crippen molar-refractivity contribution in [3.8, 4) is 17.3 Å². The molecule has 0 amide bonds. The first-order valence-electron chi connectivity index (χ1n) is 25.4. The summed E-state index contributed by atoms with van der Waals surface area (Å²) >= 11 is 0. The molecule has 0 spiro atoms. The Morgan fingerprint density at radius 2 is 0.901 bits per heavy atom. The number of para-hydroxylation sites is 2. The van der Waals surface area contributed by atoms with Crippen LogP contribution >= 0.6 is 0 Å². The molecule has 7 aromatic carbocycles. The highest BCUT2D eigenvalue weighted by molar-refractivity contribution is 6.10. The van der Waals surface area contributed by atoms with Gasteiger partial charge >= 0.3 is 0 Å². The van der Waals surface area contributed by atoms with Gasteiger partial charge in [0.1, 0.15) is 24.0 Å². The van der Waals surface area contributed by atoms with Crippen LogP contribution in [-0.4, -0.2) is 16.2 Å². The number of hydrogen-bond acceptors (Lipinski definition) is 4. The zero-order valence-corrected chi connectivity index (χ0v) is 44.1. The molecule has 0 unspecified atom stereocenters. The van der Waals surface area contributed by atoms with E-state index in [2.05, 4.69) is 274 Å². The second kappa shape index (κ2) is 17.3. The molecule has 10 rings (SSSR count). The average molecular weight is 935 g/mol. The highest BCUT2D eigenvalue weighted by Gasteiger charge is 2.33. The van der Waals surface area contributed by atoms with Crippen molar-refractivity contribution in [2.24, 2.45) is 0 Å². The second-order valence-electron chi connectivity index (χ2n) is 24.0. The normalized spacial score (nSPS) is 13.6. The second-order valence-corrected chi connectivity index (χ2v) is 24.0. The Morgan fingerprint density at radius 3 is 1.48 bits per heavy atom. The summed E-state index contributed by atoms with van der Waals surface area (Å²) < 4.78 is 9.49. The molecule has 5 heteroatoms. The minimum absolute atomic E-state index is 0.00209. The van der Waals surface area contributed by atoms with E-state index in [1.165, 1.54) is 61.1 Å². The molecule has 360 valence electrons. The van der Waals surface area contributed by atoms with E-state index >= 15 is 0 Å². The van der Waals surface area contributed by atoms with Gasteiger partial charge in [-0.25, -0.2) is 4.98 Å². The molecule has 0 bridgehead atoms. The van der Waals surface area contributed by atoms with Crippen molar-refractivity contribution in [2.45, 2.75) is 117 Å². The van der Waals surface area contributed by atoms with Gasteiger partial charge in [0.2, 0.25) is 0 Å². The van der Waals surface area contributed by atoms with Crippen molar-refractivity contribution in [3.63, 3.8) is 0 Å². The Labute approximate surface area is 422 Å². The quantitative estimate of drug-likeness (QED) is 0.144. The largest absolute Gasteiger partial charge is 0.457 e. The maximum Gasteiger partial charge on any atom is 0.137 e. The van der Waals surface area contributed by atoms with Crippen LogP contribution in [0.3, 0.4) is 0 Å². The zero-order valence-electron chi connectivity index (χ0n) is 44.1. The van der Waals surface area contributed by atoms with Crippen molar-refractivity contribution in [1.82, 2.24) is 9.55 Å². The molecular weight excluding hydrogens is 865 g/mol. The number of aromatic nitrogens is 2. The predicted octanol–water partition coefficient (Wildman–Crippen LogP) is 17.8. The molecule has 1 aliphatic rings. The monoisotopic (exact) mass is 935 g/mol. The number of ether oxygens (including phenoxy) is 1. The van der Waals surface area contributed by atoms with E-state index in [0.717, 1.165) is 39.7 Å². The van der Waals surface area contributed by atoms with Crippen molar-refractivity contribution in [2.75, 3.05) is 16.5 Å². The summed E-state index contributed by atoms with van der Waals surface area (Å²) in [6.07, 6.45) is 1.95. The standard InChI is InChI=1S/C66H70N4O/c1-62(2,3)46-28-31-57-56(39-46)55-30-29-53(42-60(55)70(57)61-40-47(32-33-67-61)63(4,5)6)71-54-38-50(66(12,13)45-24-18-15-19-25-45)37-52(41-54)69-43-68(58-26-20-21-27-59(58)69)51-35-48(64(7,8)9)34-49(36-51)65(10,11)44-22-16-14-17-23-44/h14-42H,43H2,1-13H3. The van der Waals surface area contributed by atoms with Crippen LogP contribution < -0.4 is 14.5 Å². The zero-order chi connectivity index (χ0) is 50.3. The molecule has 0 fully saturated rings. The minimum Gasteiger partial charge on any atom is -0.457 e. The van der Waals surface area contributed by atoms with Crippen LogP contribution in [0.5, 0.6) is 11.5 Å². The lowest BCUT2D eigenvalue weighted by atomic mass is 9.75. The van der Waals surface area contributed by atoms with Crippen molar-refractivity contribution in [3.05, 3.63) is 215 Å². The van der Waals surface area contributed by atoms with Crippen LogP contribution in [0.2, 0.25) is 0 Å². The van der Waals surface area contributed by atoms with Crippen LogP contribution in [0.25, 0.3) is 27.6 Å². The van der Waals surface area contributed by atoms with Gasteiger partial charge in [-0.3, -0.25) is 4.57 Å². The van der Waals surface area contributed by atoms with Gasteiger partial charge in [-0.15, -0.1) is 0 Å². The lowest BCUT2D eigenvalue weighted by Crippen LogP contribution is -2.26. The van der Waals surface area contributed by atoms with Crippen molar-refractivity contribution in [1.29, 1.82) is 0 Å². The lowest BCUT2D eigenvalue weighted by Gasteiger charge is -2.32. The van der Waals surface area contributed by atoms with Gasteiger partial charge < -0.3 is 14.5 Å². The fourth-order valence-electron chi connectivity index (χ4n) is 10.3. The number of nitrogens with zero attached hydrogens (tertiary/aromatic N) is 4. The fraction of sp³-hybridized carbons (Fsp3) is 0.288. The maximum absolute atomic E-state index is 7.18. The lowest BCUT2D eigenvalue weighted by molar-refractivity contribution is 0.480. The van der Waals surface area contributed by atoms with E-state index in [1.54, 1.807) is 0 Å². The molecule has 0 N–H and O–H groups in total. The Morgan fingerprint density at radius 1 is 0.380 bits per heavy atom. The van der Waals surface area contributed by atoms with Crippen LogP contribution in [0.4, 0.5) is 22.7 Å². The SMILES string of the molecule is CC(C)(C)c1cc(N2CN(c3cc(Oc4ccc5c6cc(C(C)(C)C)ccc6n(-c6cc(C(C)(C)C)ccn6)c5c4)cc(C(C)(C)c4ccccc4)c3)c3ccccc32)cc(C(C)(C)c2ccccc2)c1. The van der Waals surface area contributed by atoms with E-state index in [-0.39, 0.29) is 27.1 Å². The molecular formula is C66H70N4O. The smallest absolute Gasteiger partial charge is 0.137 e. The third-order valence-electron chi connectivity index (χ3n) is 15.2. The van der Waals surface area contributed by atoms with Gasteiger partial charge in [0.15, 0.2) is 0 Å². The maximum atomic E-state index is 7.18. The third-order valence-corrected chi connectivity index (χ3v) is 15.2.